The molecule has 0 spiro atoms. The van der Waals surface area contributed by atoms with Crippen molar-refractivity contribution in [3.8, 4) is 0 Å². The van der Waals surface area contributed by atoms with Crippen molar-refractivity contribution in [2.45, 2.75) is 47.0 Å². The van der Waals surface area contributed by atoms with E-state index in [0.29, 0.717) is 5.78 Å². The van der Waals surface area contributed by atoms with Crippen LogP contribution in [0.3, 0.4) is 0 Å². The number of rotatable bonds is 4. The molecular formula is C16H22OS. The van der Waals surface area contributed by atoms with Gasteiger partial charge < -0.3 is 0 Å². The number of carbonyl (C=O) groups is 1. The fourth-order valence-electron chi connectivity index (χ4n) is 2.46. The predicted octanol–water partition coefficient (Wildman–Crippen LogP) is 3.36. The molecule has 1 heterocycles. The maximum absolute atomic E-state index is 12.4. The number of hydrogen-bond acceptors (Lipinski definition) is 2. The van der Waals surface area contributed by atoms with E-state index in [1.54, 1.807) is 11.3 Å². The minimum absolute atomic E-state index is 0.193. The van der Waals surface area contributed by atoms with Gasteiger partial charge in [0.05, 0.1) is 4.88 Å². The van der Waals surface area contributed by atoms with E-state index in [9.17, 15) is 4.79 Å². The van der Waals surface area contributed by atoms with Gasteiger partial charge in [-0.25, -0.2) is 0 Å². The number of fused-ring (bicyclic) bond motifs is 1. The second-order valence-electron chi connectivity index (χ2n) is 5.85. The largest absolute Gasteiger partial charge is 0.293 e. The van der Waals surface area contributed by atoms with E-state index >= 15 is 0 Å². The quantitative estimate of drug-likeness (QED) is 0.760. The Bertz CT molecular complexity index is 558. The smallest absolute Gasteiger partial charge is 0.175 e. The summed E-state index contributed by atoms with van der Waals surface area (Å²) in [4.78, 5) is 13.3. The molecule has 1 nitrogen and oxygen atoms in total. The second kappa shape index (κ2) is 5.00. The van der Waals surface area contributed by atoms with Crippen LogP contribution in [-0.2, 0) is 0 Å². The summed E-state index contributed by atoms with van der Waals surface area (Å²) in [5.74, 6) is 0.525. The number of carbonyl (C=O) groups excluding carboxylic acids is 1. The molecule has 0 bridgehead atoms. The predicted molar refractivity (Wildman–Crippen MR) is 79.3 cm³/mol. The van der Waals surface area contributed by atoms with Gasteiger partial charge in [0.15, 0.2) is 5.78 Å². The first-order valence-electron chi connectivity index (χ1n) is 6.84. The zero-order valence-corrected chi connectivity index (χ0v) is 12.6. The van der Waals surface area contributed by atoms with Gasteiger partial charge in [-0.3, -0.25) is 4.79 Å². The van der Waals surface area contributed by atoms with Crippen LogP contribution in [0.25, 0.3) is 12.2 Å². The van der Waals surface area contributed by atoms with E-state index in [-0.39, 0.29) is 11.3 Å². The highest BCUT2D eigenvalue weighted by molar-refractivity contribution is 7.12. The Morgan fingerprint density at radius 2 is 2.06 bits per heavy atom. The average molecular weight is 262 g/mol. The van der Waals surface area contributed by atoms with Crippen LogP contribution < -0.4 is 9.75 Å². The topological polar surface area (TPSA) is 17.1 Å². The number of Topliss-reactive ketones (excluding diaryl/α,β-unsaturated/α-hetero) is 1. The van der Waals surface area contributed by atoms with Crippen LogP contribution in [0, 0.1) is 11.3 Å². The molecule has 1 aromatic heterocycles. The number of thiophene rings is 1. The molecule has 0 saturated carbocycles. The van der Waals surface area contributed by atoms with Crippen LogP contribution in [0.2, 0.25) is 0 Å². The molecule has 0 atom stereocenters. The monoisotopic (exact) mass is 262 g/mol. The lowest BCUT2D eigenvalue weighted by atomic mass is 9.86. The van der Waals surface area contributed by atoms with Crippen LogP contribution in [-0.4, -0.2) is 5.78 Å². The Kier molecular flexibility index (Phi) is 3.76. The van der Waals surface area contributed by atoms with Gasteiger partial charge in [-0.05, 0) is 36.0 Å². The molecule has 0 radical (unpaired) electrons. The summed E-state index contributed by atoms with van der Waals surface area (Å²) >= 11 is 1.67. The lowest BCUT2D eigenvalue weighted by molar-refractivity contribution is 0.0917. The summed E-state index contributed by atoms with van der Waals surface area (Å²) in [6, 6.07) is 2.09. The average Bonchev–Trinajstić information content (AvgIpc) is 2.71. The molecule has 0 saturated heterocycles. The van der Waals surface area contributed by atoms with Crippen LogP contribution in [0.15, 0.2) is 6.07 Å². The summed E-state index contributed by atoms with van der Waals surface area (Å²) in [5, 5.41) is 1.26. The van der Waals surface area contributed by atoms with Crippen molar-refractivity contribution in [3.05, 3.63) is 20.7 Å². The van der Waals surface area contributed by atoms with Gasteiger partial charge in [-0.15, -0.1) is 11.3 Å². The molecule has 0 N–H and O–H groups in total. The second-order valence-corrected chi connectivity index (χ2v) is 6.93. The molecule has 1 aliphatic rings. The molecule has 0 aromatic carbocycles. The normalized spacial score (nSPS) is 16.9. The Morgan fingerprint density at radius 3 is 2.67 bits per heavy atom. The Morgan fingerprint density at radius 1 is 1.39 bits per heavy atom. The van der Waals surface area contributed by atoms with E-state index in [2.05, 4.69) is 45.9 Å². The molecule has 0 aliphatic heterocycles. The molecule has 18 heavy (non-hydrogen) atoms. The van der Waals surface area contributed by atoms with Crippen molar-refractivity contribution in [1.29, 1.82) is 0 Å². The van der Waals surface area contributed by atoms with Crippen LogP contribution >= 0.6 is 11.3 Å². The summed E-state index contributed by atoms with van der Waals surface area (Å²) in [7, 11) is 0. The number of hydrogen-bond donors (Lipinski definition) is 0. The van der Waals surface area contributed by atoms with Crippen LogP contribution in [0.4, 0.5) is 0 Å². The fourth-order valence-corrected chi connectivity index (χ4v) is 3.79. The summed E-state index contributed by atoms with van der Waals surface area (Å²) in [6.07, 6.45) is 7.54. The van der Waals surface area contributed by atoms with E-state index in [4.69, 9.17) is 0 Å². The molecule has 2 heteroatoms. The molecule has 0 unspecified atom stereocenters. The van der Waals surface area contributed by atoms with Crippen molar-refractivity contribution in [2.24, 2.45) is 11.3 Å². The maximum Gasteiger partial charge on any atom is 0.175 e. The van der Waals surface area contributed by atoms with Gasteiger partial charge in [-0.1, -0.05) is 39.8 Å². The number of ketones is 1. The fraction of sp³-hybridized carbons (Fsp3) is 0.562. The third-order valence-corrected chi connectivity index (χ3v) is 4.87. The lowest BCUT2D eigenvalue weighted by Gasteiger charge is -2.19. The van der Waals surface area contributed by atoms with Gasteiger partial charge in [-0.2, -0.15) is 0 Å². The first-order chi connectivity index (χ1) is 8.46. The highest BCUT2D eigenvalue weighted by atomic mass is 32.1. The summed E-state index contributed by atoms with van der Waals surface area (Å²) in [6.45, 7) is 8.69. The summed E-state index contributed by atoms with van der Waals surface area (Å²) < 4.78 is 1.28. The van der Waals surface area contributed by atoms with Gasteiger partial charge in [0.2, 0.25) is 0 Å². The van der Waals surface area contributed by atoms with E-state index < -0.39 is 0 Å². The molecule has 0 amide bonds. The van der Waals surface area contributed by atoms with Gasteiger partial charge in [0.1, 0.15) is 0 Å². The minimum Gasteiger partial charge on any atom is -0.293 e. The van der Waals surface area contributed by atoms with Gasteiger partial charge in [0, 0.05) is 10.5 Å². The van der Waals surface area contributed by atoms with E-state index in [1.165, 1.54) is 9.75 Å². The van der Waals surface area contributed by atoms with Crippen molar-refractivity contribution in [2.75, 3.05) is 0 Å². The first-order valence-corrected chi connectivity index (χ1v) is 7.65. The van der Waals surface area contributed by atoms with Crippen molar-refractivity contribution < 1.29 is 4.79 Å². The molecule has 0 fully saturated rings. The standard InChI is InChI=1S/C16H22OS/c1-5-11(6-2)15(17)13-9-12-7-8-16(3,4)10-14(12)18-13/h7,9-11H,5-6,8H2,1-4H3. The minimum atomic E-state index is 0.193. The first kappa shape index (κ1) is 13.5. The van der Waals surface area contributed by atoms with Gasteiger partial charge >= 0.3 is 0 Å². The van der Waals surface area contributed by atoms with Crippen molar-refractivity contribution in [1.82, 2.24) is 0 Å². The third kappa shape index (κ3) is 2.59. The molecule has 1 aliphatic carbocycles. The Balaban J connectivity index is 2.40. The Hall–Kier alpha value is -0.890. The highest BCUT2D eigenvalue weighted by Gasteiger charge is 2.21. The Labute approximate surface area is 113 Å². The van der Waals surface area contributed by atoms with Crippen LogP contribution in [0.5, 0.6) is 0 Å². The highest BCUT2D eigenvalue weighted by Crippen LogP contribution is 2.25. The SMILES string of the molecule is CCC(CC)C(=O)c1cc2c(s1)=CC(C)(C)CC=2. The molecular weight excluding hydrogens is 240 g/mol. The summed E-state index contributed by atoms with van der Waals surface area (Å²) in [5.41, 5.74) is 0.229. The van der Waals surface area contributed by atoms with E-state index in [1.807, 2.05) is 0 Å². The van der Waals surface area contributed by atoms with E-state index in [0.717, 1.165) is 24.1 Å². The molecule has 1 aromatic rings. The zero-order chi connectivity index (χ0) is 13.3. The molecule has 98 valence electrons. The van der Waals surface area contributed by atoms with Crippen LogP contribution in [0.1, 0.15) is 56.6 Å². The lowest BCUT2D eigenvalue weighted by Crippen LogP contribution is -2.27. The maximum atomic E-state index is 12.4. The third-order valence-electron chi connectivity index (χ3n) is 3.76. The zero-order valence-electron chi connectivity index (χ0n) is 11.7. The van der Waals surface area contributed by atoms with Crippen molar-refractivity contribution in [3.63, 3.8) is 0 Å². The molecule has 2 rings (SSSR count). The van der Waals surface area contributed by atoms with Gasteiger partial charge in [0.25, 0.3) is 0 Å². The van der Waals surface area contributed by atoms with Crippen molar-refractivity contribution >= 4 is 29.3 Å².